The maximum atomic E-state index is 13.4. The van der Waals surface area contributed by atoms with E-state index < -0.39 is 0 Å². The van der Waals surface area contributed by atoms with Gasteiger partial charge in [0.15, 0.2) is 0 Å². The number of rotatable bonds is 4. The number of fused-ring (bicyclic) bond motifs is 1. The maximum Gasteiger partial charge on any atom is 0.141 e. The van der Waals surface area contributed by atoms with E-state index in [1.165, 1.54) is 6.07 Å². The van der Waals surface area contributed by atoms with Gasteiger partial charge in [0.05, 0.1) is 17.2 Å². The molecule has 1 saturated heterocycles. The first-order chi connectivity index (χ1) is 14.6. The molecule has 2 aliphatic rings. The van der Waals surface area contributed by atoms with E-state index in [0.29, 0.717) is 11.8 Å². The van der Waals surface area contributed by atoms with Gasteiger partial charge in [-0.2, -0.15) is 0 Å². The molecule has 1 N–H and O–H groups in total. The van der Waals surface area contributed by atoms with E-state index in [1.54, 1.807) is 12.1 Å². The highest BCUT2D eigenvalue weighted by atomic mass is 35.5. The second-order valence-corrected chi connectivity index (χ2v) is 9.00. The molecule has 0 spiro atoms. The van der Waals surface area contributed by atoms with Crippen LogP contribution in [0.25, 0.3) is 11.4 Å². The third-order valence-electron chi connectivity index (χ3n) is 6.63. The van der Waals surface area contributed by atoms with Gasteiger partial charge in [-0.3, -0.25) is 4.90 Å². The van der Waals surface area contributed by atoms with Crippen molar-refractivity contribution in [2.75, 3.05) is 13.1 Å². The van der Waals surface area contributed by atoms with E-state index >= 15 is 0 Å². The van der Waals surface area contributed by atoms with Crippen LogP contribution in [-0.2, 0) is 6.54 Å². The third-order valence-corrected chi connectivity index (χ3v) is 6.92. The summed E-state index contributed by atoms with van der Waals surface area (Å²) in [6.45, 7) is 2.70. The van der Waals surface area contributed by atoms with Gasteiger partial charge in [-0.15, -0.1) is 0 Å². The van der Waals surface area contributed by atoms with E-state index in [4.69, 9.17) is 11.6 Å². The SMILES string of the molecule is O[C@H]1C[C@@H]2CN(Cc3ccc(F)c(Cl)c3)C[C@@H]2C[C@@H]1n1ccnc1-c1ccccc1. The summed E-state index contributed by atoms with van der Waals surface area (Å²) in [6, 6.07) is 15.1. The van der Waals surface area contributed by atoms with Crippen molar-refractivity contribution in [1.29, 1.82) is 0 Å². The van der Waals surface area contributed by atoms with Crippen LogP contribution in [0.15, 0.2) is 60.9 Å². The summed E-state index contributed by atoms with van der Waals surface area (Å²) in [5, 5.41) is 11.2. The molecule has 30 heavy (non-hydrogen) atoms. The first kappa shape index (κ1) is 19.7. The van der Waals surface area contributed by atoms with Crippen molar-refractivity contribution in [1.82, 2.24) is 14.5 Å². The predicted octanol–water partition coefficient (Wildman–Crippen LogP) is 4.79. The number of aromatic nitrogens is 2. The second kappa shape index (κ2) is 8.14. The Kier molecular flexibility index (Phi) is 5.35. The lowest BCUT2D eigenvalue weighted by Gasteiger charge is -2.36. The predicted molar refractivity (Wildman–Crippen MR) is 116 cm³/mol. The van der Waals surface area contributed by atoms with Crippen molar-refractivity contribution in [3.8, 4) is 11.4 Å². The molecule has 1 aliphatic heterocycles. The molecule has 0 radical (unpaired) electrons. The lowest BCUT2D eigenvalue weighted by Crippen LogP contribution is -2.36. The summed E-state index contributed by atoms with van der Waals surface area (Å²) in [7, 11) is 0. The van der Waals surface area contributed by atoms with Crippen molar-refractivity contribution in [2.45, 2.75) is 31.5 Å². The molecule has 2 fully saturated rings. The Morgan fingerprint density at radius 2 is 1.83 bits per heavy atom. The van der Waals surface area contributed by atoms with Gasteiger partial charge in [-0.1, -0.05) is 48.0 Å². The number of hydrogen-bond acceptors (Lipinski definition) is 3. The zero-order chi connectivity index (χ0) is 20.7. The van der Waals surface area contributed by atoms with Crippen LogP contribution in [0, 0.1) is 17.7 Å². The van der Waals surface area contributed by atoms with Gasteiger partial charge in [0.1, 0.15) is 11.6 Å². The lowest BCUT2D eigenvalue weighted by molar-refractivity contribution is 0.0365. The molecule has 1 saturated carbocycles. The summed E-state index contributed by atoms with van der Waals surface area (Å²) in [5.74, 6) is 1.54. The van der Waals surface area contributed by atoms with Gasteiger partial charge >= 0.3 is 0 Å². The van der Waals surface area contributed by atoms with E-state index in [9.17, 15) is 9.50 Å². The Morgan fingerprint density at radius 3 is 2.60 bits per heavy atom. The fourth-order valence-corrected chi connectivity index (χ4v) is 5.42. The van der Waals surface area contributed by atoms with Crippen molar-refractivity contribution in [3.63, 3.8) is 0 Å². The number of aliphatic hydroxyl groups excluding tert-OH is 1. The minimum absolute atomic E-state index is 0.0316. The van der Waals surface area contributed by atoms with Crippen LogP contribution < -0.4 is 0 Å². The molecule has 0 bridgehead atoms. The van der Waals surface area contributed by atoms with Gasteiger partial charge in [0.2, 0.25) is 0 Å². The van der Waals surface area contributed by atoms with Crippen molar-refractivity contribution < 1.29 is 9.50 Å². The van der Waals surface area contributed by atoms with Crippen LogP contribution in [0.2, 0.25) is 5.02 Å². The van der Waals surface area contributed by atoms with Gasteiger partial charge < -0.3 is 9.67 Å². The highest BCUT2D eigenvalue weighted by Gasteiger charge is 2.42. The van der Waals surface area contributed by atoms with Gasteiger partial charge in [0, 0.05) is 37.6 Å². The summed E-state index contributed by atoms with van der Waals surface area (Å²) >= 11 is 5.95. The topological polar surface area (TPSA) is 41.3 Å². The number of aliphatic hydroxyl groups is 1. The van der Waals surface area contributed by atoms with Crippen LogP contribution in [-0.4, -0.2) is 38.8 Å². The fourth-order valence-electron chi connectivity index (χ4n) is 5.22. The zero-order valence-electron chi connectivity index (χ0n) is 16.7. The summed E-state index contributed by atoms with van der Waals surface area (Å²) in [4.78, 5) is 6.97. The number of benzene rings is 2. The van der Waals surface area contributed by atoms with E-state index in [2.05, 4.69) is 26.6 Å². The highest BCUT2D eigenvalue weighted by Crippen LogP contribution is 2.42. The molecule has 2 heterocycles. The normalized spacial score (nSPS) is 26.6. The van der Waals surface area contributed by atoms with E-state index in [0.717, 1.165) is 49.4 Å². The Hall–Kier alpha value is -2.21. The van der Waals surface area contributed by atoms with Crippen LogP contribution in [0.5, 0.6) is 0 Å². The zero-order valence-corrected chi connectivity index (χ0v) is 17.4. The molecule has 1 aliphatic carbocycles. The second-order valence-electron chi connectivity index (χ2n) is 8.59. The lowest BCUT2D eigenvalue weighted by atomic mass is 9.77. The maximum absolute atomic E-state index is 13.4. The molecule has 5 rings (SSSR count). The van der Waals surface area contributed by atoms with E-state index in [-0.39, 0.29) is 23.0 Å². The molecule has 156 valence electrons. The van der Waals surface area contributed by atoms with Crippen LogP contribution in [0.3, 0.4) is 0 Å². The largest absolute Gasteiger partial charge is 0.391 e. The average molecular weight is 426 g/mol. The number of nitrogens with zero attached hydrogens (tertiary/aromatic N) is 3. The molecule has 4 nitrogen and oxygen atoms in total. The molecule has 0 unspecified atom stereocenters. The van der Waals surface area contributed by atoms with Crippen molar-refractivity contribution >= 4 is 11.6 Å². The monoisotopic (exact) mass is 425 g/mol. The van der Waals surface area contributed by atoms with Crippen molar-refractivity contribution in [3.05, 3.63) is 77.3 Å². The minimum atomic E-state index is -0.386. The number of imidazole rings is 1. The molecule has 2 aromatic carbocycles. The molecule has 1 aromatic heterocycles. The third kappa shape index (κ3) is 3.78. The molecular formula is C24H25ClFN3O. The Labute approximate surface area is 180 Å². The molecule has 3 aromatic rings. The molecular weight excluding hydrogens is 401 g/mol. The standard InChI is InChI=1S/C24H25ClFN3O/c25-20-10-16(6-7-21(20)26)13-28-14-18-11-22(23(30)12-19(18)15-28)29-9-8-27-24(29)17-4-2-1-3-5-17/h1-10,18-19,22-23,30H,11-15H2/t18-,19+,22-,23-/m0/s1. The van der Waals surface area contributed by atoms with Crippen LogP contribution >= 0.6 is 11.6 Å². The molecule has 6 heteroatoms. The average Bonchev–Trinajstić information content (AvgIpc) is 3.37. The quantitative estimate of drug-likeness (QED) is 0.653. The Morgan fingerprint density at radius 1 is 1.07 bits per heavy atom. The minimum Gasteiger partial charge on any atom is -0.391 e. The first-order valence-electron chi connectivity index (χ1n) is 10.5. The Bertz CT molecular complexity index is 1020. The highest BCUT2D eigenvalue weighted by molar-refractivity contribution is 6.30. The van der Waals surface area contributed by atoms with Crippen molar-refractivity contribution in [2.24, 2.45) is 11.8 Å². The smallest absolute Gasteiger partial charge is 0.141 e. The van der Waals surface area contributed by atoms with Gasteiger partial charge in [-0.25, -0.2) is 9.37 Å². The number of likely N-dealkylation sites (tertiary alicyclic amines) is 1. The molecule has 0 amide bonds. The number of halogens is 2. The number of hydrogen-bond donors (Lipinski definition) is 1. The first-order valence-corrected chi connectivity index (χ1v) is 10.9. The molecule has 4 atom stereocenters. The summed E-state index contributed by atoms with van der Waals surface area (Å²) in [5.41, 5.74) is 2.09. The van der Waals surface area contributed by atoms with Gasteiger partial charge in [0.25, 0.3) is 0 Å². The Balaban J connectivity index is 1.31. The summed E-state index contributed by atoms with van der Waals surface area (Å²) < 4.78 is 15.6. The summed E-state index contributed by atoms with van der Waals surface area (Å²) in [6.07, 6.45) is 5.15. The van der Waals surface area contributed by atoms with Crippen LogP contribution in [0.1, 0.15) is 24.4 Å². The van der Waals surface area contributed by atoms with Crippen LogP contribution in [0.4, 0.5) is 4.39 Å². The van der Waals surface area contributed by atoms with Gasteiger partial charge in [-0.05, 0) is 42.4 Å². The fraction of sp³-hybridized carbons (Fsp3) is 0.375. The van der Waals surface area contributed by atoms with E-state index in [1.807, 2.05) is 30.6 Å².